The van der Waals surface area contributed by atoms with Crippen molar-refractivity contribution in [2.24, 2.45) is 0 Å². The van der Waals surface area contributed by atoms with Gasteiger partial charge in [0, 0.05) is 10.8 Å². The van der Waals surface area contributed by atoms with E-state index in [1.807, 2.05) is 23.6 Å². The molecule has 0 bridgehead atoms. The summed E-state index contributed by atoms with van der Waals surface area (Å²) in [6, 6.07) is 5.77. The Balaban J connectivity index is 2.79. The highest BCUT2D eigenvalue weighted by atomic mass is 32.1. The van der Waals surface area contributed by atoms with Gasteiger partial charge >= 0.3 is 0 Å². The van der Waals surface area contributed by atoms with E-state index < -0.39 is 0 Å². The lowest BCUT2D eigenvalue weighted by Gasteiger charge is -1.94. The molecular formula is C8H7NOS. The lowest BCUT2D eigenvalue weighted by Crippen LogP contribution is -1.81. The van der Waals surface area contributed by atoms with Crippen LogP contribution in [0.5, 0.6) is 0 Å². The molecule has 0 aliphatic rings. The number of fused-ring (bicyclic) bond motifs is 1. The first-order valence-electron chi connectivity index (χ1n) is 3.34. The van der Waals surface area contributed by atoms with Crippen molar-refractivity contribution in [1.82, 2.24) is 4.37 Å². The fraction of sp³-hybridized carbons (Fsp3) is 0.125. The van der Waals surface area contributed by atoms with Gasteiger partial charge in [-0.25, -0.2) is 0 Å². The second kappa shape index (κ2) is 2.60. The van der Waals surface area contributed by atoms with Crippen LogP contribution in [-0.4, -0.2) is 9.48 Å². The molecule has 0 fully saturated rings. The minimum absolute atomic E-state index is 0.0930. The van der Waals surface area contributed by atoms with Crippen LogP contribution in [0.3, 0.4) is 0 Å². The van der Waals surface area contributed by atoms with E-state index in [2.05, 4.69) is 4.37 Å². The van der Waals surface area contributed by atoms with Gasteiger partial charge in [-0.2, -0.15) is 4.37 Å². The first kappa shape index (κ1) is 6.76. The van der Waals surface area contributed by atoms with Crippen molar-refractivity contribution in [3.8, 4) is 0 Å². The number of nitrogens with zero attached hydrogens (tertiary/aromatic N) is 1. The maximum atomic E-state index is 8.93. The Morgan fingerprint density at radius 2 is 2.36 bits per heavy atom. The van der Waals surface area contributed by atoms with Gasteiger partial charge < -0.3 is 5.11 Å². The van der Waals surface area contributed by atoms with Gasteiger partial charge in [-0.3, -0.25) is 0 Å². The summed E-state index contributed by atoms with van der Waals surface area (Å²) in [5.41, 5.74) is 1.93. The molecule has 2 aromatic rings. The molecule has 0 saturated carbocycles. The molecule has 0 atom stereocenters. The Morgan fingerprint density at radius 3 is 3.18 bits per heavy atom. The van der Waals surface area contributed by atoms with Crippen LogP contribution in [0.4, 0.5) is 0 Å². The summed E-state index contributed by atoms with van der Waals surface area (Å²) in [7, 11) is 0. The molecule has 1 N–H and O–H groups in total. The molecule has 3 heteroatoms. The predicted octanol–water partition coefficient (Wildman–Crippen LogP) is 1.79. The minimum atomic E-state index is 0.0930. The summed E-state index contributed by atoms with van der Waals surface area (Å²) in [6.07, 6.45) is 0. The van der Waals surface area contributed by atoms with Crippen LogP contribution in [0.1, 0.15) is 5.56 Å². The fourth-order valence-corrected chi connectivity index (χ4v) is 1.79. The number of rotatable bonds is 1. The van der Waals surface area contributed by atoms with Crippen LogP contribution in [0.25, 0.3) is 10.9 Å². The van der Waals surface area contributed by atoms with Gasteiger partial charge in [-0.15, -0.1) is 0 Å². The molecule has 1 aromatic heterocycles. The molecule has 1 heterocycles. The molecular weight excluding hydrogens is 158 g/mol. The molecule has 0 amide bonds. The van der Waals surface area contributed by atoms with Crippen molar-refractivity contribution < 1.29 is 5.11 Å². The van der Waals surface area contributed by atoms with Crippen LogP contribution >= 0.6 is 11.5 Å². The Labute approximate surface area is 68.3 Å². The van der Waals surface area contributed by atoms with Crippen molar-refractivity contribution in [2.45, 2.75) is 6.61 Å². The van der Waals surface area contributed by atoms with Crippen LogP contribution in [-0.2, 0) is 6.61 Å². The number of hydrogen-bond donors (Lipinski definition) is 1. The third-order valence-electron chi connectivity index (χ3n) is 1.67. The predicted molar refractivity (Wildman–Crippen MR) is 45.5 cm³/mol. The molecule has 0 unspecified atom stereocenters. The lowest BCUT2D eigenvalue weighted by atomic mass is 10.1. The molecule has 0 spiro atoms. The third kappa shape index (κ3) is 1.02. The van der Waals surface area contributed by atoms with E-state index in [-0.39, 0.29) is 6.61 Å². The van der Waals surface area contributed by atoms with Crippen LogP contribution in [0, 0.1) is 0 Å². The first-order valence-corrected chi connectivity index (χ1v) is 4.18. The zero-order valence-electron chi connectivity index (χ0n) is 5.82. The smallest absolute Gasteiger partial charge is 0.0844 e. The lowest BCUT2D eigenvalue weighted by molar-refractivity contribution is 0.283. The average molecular weight is 165 g/mol. The topological polar surface area (TPSA) is 33.1 Å². The molecule has 1 aromatic carbocycles. The number of aliphatic hydroxyl groups excluding tert-OH is 1. The van der Waals surface area contributed by atoms with Crippen LogP contribution in [0.15, 0.2) is 23.6 Å². The monoisotopic (exact) mass is 165 g/mol. The Kier molecular flexibility index (Phi) is 1.60. The highest BCUT2D eigenvalue weighted by molar-refractivity contribution is 7.04. The normalized spacial score (nSPS) is 10.6. The van der Waals surface area contributed by atoms with Gasteiger partial charge in [-0.05, 0) is 23.2 Å². The quantitative estimate of drug-likeness (QED) is 0.698. The zero-order valence-corrected chi connectivity index (χ0v) is 6.64. The van der Waals surface area contributed by atoms with Gasteiger partial charge in [0.2, 0.25) is 0 Å². The largest absolute Gasteiger partial charge is 0.392 e. The van der Waals surface area contributed by atoms with Gasteiger partial charge in [-0.1, -0.05) is 12.1 Å². The second-order valence-electron chi connectivity index (χ2n) is 2.32. The van der Waals surface area contributed by atoms with Gasteiger partial charge in [0.05, 0.1) is 12.1 Å². The molecule has 0 radical (unpaired) electrons. The third-order valence-corrected chi connectivity index (χ3v) is 2.31. The van der Waals surface area contributed by atoms with E-state index in [9.17, 15) is 0 Å². The van der Waals surface area contributed by atoms with E-state index in [4.69, 9.17) is 5.11 Å². The number of aliphatic hydroxyl groups is 1. The van der Waals surface area contributed by atoms with E-state index in [1.54, 1.807) is 0 Å². The van der Waals surface area contributed by atoms with Crippen LogP contribution in [0.2, 0.25) is 0 Å². The highest BCUT2D eigenvalue weighted by Gasteiger charge is 1.99. The number of aromatic nitrogens is 1. The average Bonchev–Trinajstić information content (AvgIpc) is 2.50. The summed E-state index contributed by atoms with van der Waals surface area (Å²) in [5.74, 6) is 0. The maximum Gasteiger partial charge on any atom is 0.0844 e. The summed E-state index contributed by atoms with van der Waals surface area (Å²) in [5, 5.41) is 12.0. The molecule has 0 aliphatic carbocycles. The summed E-state index contributed by atoms with van der Waals surface area (Å²) in [4.78, 5) is 0. The molecule has 2 rings (SSSR count). The Bertz CT molecular complexity index is 369. The van der Waals surface area contributed by atoms with Gasteiger partial charge in [0.1, 0.15) is 0 Å². The van der Waals surface area contributed by atoms with Crippen molar-refractivity contribution in [2.75, 3.05) is 0 Å². The standard InChI is InChI=1S/C8H7NOS/c10-4-6-2-1-3-8-7(6)5-11-9-8/h1-3,5,10H,4H2. The highest BCUT2D eigenvalue weighted by Crippen LogP contribution is 2.19. The zero-order chi connectivity index (χ0) is 7.68. The molecule has 2 nitrogen and oxygen atoms in total. The first-order chi connectivity index (χ1) is 5.42. The summed E-state index contributed by atoms with van der Waals surface area (Å²) < 4.78 is 4.16. The van der Waals surface area contributed by atoms with Crippen molar-refractivity contribution in [3.05, 3.63) is 29.1 Å². The SMILES string of the molecule is OCc1cccc2nscc12. The molecule has 11 heavy (non-hydrogen) atoms. The van der Waals surface area contributed by atoms with Crippen molar-refractivity contribution >= 4 is 22.4 Å². The fourth-order valence-electron chi connectivity index (χ4n) is 1.09. The van der Waals surface area contributed by atoms with Crippen molar-refractivity contribution in [1.29, 1.82) is 0 Å². The van der Waals surface area contributed by atoms with E-state index in [0.29, 0.717) is 0 Å². The van der Waals surface area contributed by atoms with E-state index >= 15 is 0 Å². The molecule has 0 aliphatic heterocycles. The number of hydrogen-bond acceptors (Lipinski definition) is 3. The van der Waals surface area contributed by atoms with Crippen LogP contribution < -0.4 is 0 Å². The number of benzene rings is 1. The molecule has 0 saturated heterocycles. The van der Waals surface area contributed by atoms with E-state index in [1.165, 1.54) is 11.5 Å². The van der Waals surface area contributed by atoms with Crippen molar-refractivity contribution in [3.63, 3.8) is 0 Å². The summed E-state index contributed by atoms with van der Waals surface area (Å²) >= 11 is 1.42. The van der Waals surface area contributed by atoms with Gasteiger partial charge in [0.25, 0.3) is 0 Å². The molecule has 56 valence electrons. The minimum Gasteiger partial charge on any atom is -0.392 e. The Morgan fingerprint density at radius 1 is 1.45 bits per heavy atom. The second-order valence-corrected chi connectivity index (χ2v) is 2.95. The van der Waals surface area contributed by atoms with E-state index in [0.717, 1.165) is 16.5 Å². The Hall–Kier alpha value is -0.930. The maximum absolute atomic E-state index is 8.93. The summed E-state index contributed by atoms with van der Waals surface area (Å²) in [6.45, 7) is 0.0930. The van der Waals surface area contributed by atoms with Gasteiger partial charge in [0.15, 0.2) is 0 Å².